The minimum atomic E-state index is -0.591. The minimum absolute atomic E-state index is 0.108. The molecule has 1 saturated heterocycles. The van der Waals surface area contributed by atoms with Crippen molar-refractivity contribution in [2.75, 3.05) is 0 Å². The van der Waals surface area contributed by atoms with Crippen molar-refractivity contribution in [1.29, 1.82) is 0 Å². The molecule has 1 heterocycles. The molecule has 1 N–H and O–H groups in total. The molecule has 124 valence electrons. The summed E-state index contributed by atoms with van der Waals surface area (Å²) in [6, 6.07) is 0. The van der Waals surface area contributed by atoms with Gasteiger partial charge in [0.25, 0.3) is 0 Å². The fourth-order valence-corrected chi connectivity index (χ4v) is 6.04. The average Bonchev–Trinajstić information content (AvgIpc) is 2.44. The summed E-state index contributed by atoms with van der Waals surface area (Å²) in [6.07, 6.45) is 9.06. The van der Waals surface area contributed by atoms with E-state index in [1.54, 1.807) is 0 Å². The summed E-state index contributed by atoms with van der Waals surface area (Å²) >= 11 is 0. The predicted molar refractivity (Wildman–Crippen MR) is 86.6 cm³/mol. The van der Waals surface area contributed by atoms with Gasteiger partial charge in [-0.15, -0.1) is 6.58 Å². The van der Waals surface area contributed by atoms with Gasteiger partial charge < -0.3 is 9.84 Å². The topological polar surface area (TPSA) is 46.5 Å². The number of rotatable bonds is 2. The van der Waals surface area contributed by atoms with Gasteiger partial charge in [-0.25, -0.2) is 0 Å². The molecule has 3 aliphatic rings. The summed E-state index contributed by atoms with van der Waals surface area (Å²) in [7, 11) is 0. The molecule has 3 rings (SSSR count). The maximum Gasteiger partial charge on any atom is 0.306 e. The third-order valence-electron chi connectivity index (χ3n) is 7.19. The Bertz CT molecular complexity index is 487. The zero-order valence-corrected chi connectivity index (χ0v) is 14.2. The monoisotopic (exact) mass is 306 g/mol. The molecule has 2 saturated carbocycles. The van der Waals surface area contributed by atoms with Crippen molar-refractivity contribution in [3.8, 4) is 0 Å². The second-order valence-corrected chi connectivity index (χ2v) is 8.51. The zero-order valence-electron chi connectivity index (χ0n) is 14.2. The fourth-order valence-electron chi connectivity index (χ4n) is 6.04. The number of carboxylic acid groups (broad SMARTS) is 1. The first-order valence-corrected chi connectivity index (χ1v) is 8.81. The minimum Gasteiger partial charge on any atom is -0.481 e. The number of fused-ring (bicyclic) bond motifs is 3. The summed E-state index contributed by atoms with van der Waals surface area (Å²) in [6.45, 7) is 10.7. The van der Waals surface area contributed by atoms with Crippen molar-refractivity contribution in [2.45, 2.75) is 76.9 Å². The van der Waals surface area contributed by atoms with Crippen molar-refractivity contribution in [1.82, 2.24) is 0 Å². The van der Waals surface area contributed by atoms with Crippen LogP contribution in [0.15, 0.2) is 12.7 Å². The number of ether oxygens (including phenoxy) is 1. The number of hydrogen-bond acceptors (Lipinski definition) is 2. The third-order valence-corrected chi connectivity index (χ3v) is 7.19. The zero-order chi connectivity index (χ0) is 16.2. The molecular weight excluding hydrogens is 276 g/mol. The van der Waals surface area contributed by atoms with Crippen LogP contribution in [0.25, 0.3) is 0 Å². The van der Waals surface area contributed by atoms with Crippen LogP contribution in [0.5, 0.6) is 0 Å². The first kappa shape index (κ1) is 16.0. The van der Waals surface area contributed by atoms with Crippen LogP contribution >= 0.6 is 0 Å². The number of carboxylic acids is 1. The van der Waals surface area contributed by atoms with E-state index in [1.807, 2.05) is 6.08 Å². The quantitative estimate of drug-likeness (QED) is 0.768. The van der Waals surface area contributed by atoms with E-state index in [2.05, 4.69) is 27.4 Å². The second kappa shape index (κ2) is 5.09. The van der Waals surface area contributed by atoms with E-state index in [9.17, 15) is 9.90 Å². The van der Waals surface area contributed by atoms with E-state index in [4.69, 9.17) is 4.74 Å². The Morgan fingerprint density at radius 2 is 1.91 bits per heavy atom. The van der Waals surface area contributed by atoms with Gasteiger partial charge in [0.1, 0.15) is 0 Å². The van der Waals surface area contributed by atoms with Crippen LogP contribution in [0, 0.1) is 23.2 Å². The van der Waals surface area contributed by atoms with Gasteiger partial charge in [-0.2, -0.15) is 0 Å². The van der Waals surface area contributed by atoms with Crippen LogP contribution in [0.4, 0.5) is 0 Å². The van der Waals surface area contributed by atoms with Crippen LogP contribution in [0.1, 0.15) is 65.7 Å². The van der Waals surface area contributed by atoms with E-state index < -0.39 is 5.97 Å². The molecular formula is C19H30O3. The highest BCUT2D eigenvalue weighted by Gasteiger charge is 2.60. The lowest BCUT2D eigenvalue weighted by molar-refractivity contribution is -0.247. The maximum atomic E-state index is 11.7. The fraction of sp³-hybridized carbons (Fsp3) is 0.842. The first-order valence-electron chi connectivity index (χ1n) is 8.81. The Balaban J connectivity index is 1.92. The summed E-state index contributed by atoms with van der Waals surface area (Å²) in [5.74, 6) is 0.0330. The van der Waals surface area contributed by atoms with E-state index >= 15 is 0 Å². The van der Waals surface area contributed by atoms with Crippen LogP contribution in [0.2, 0.25) is 0 Å². The molecule has 6 unspecified atom stereocenters. The standard InChI is InChI=1S/C19H30O3/c1-5-17(2)11-9-15-18(3)10-6-7-13(16(20)21)14(18)8-12-19(15,4)22-17/h5,13-15H,1,6-12H2,2-4H3,(H,20,21). The molecule has 0 bridgehead atoms. The molecule has 6 atom stereocenters. The normalized spacial score (nSPS) is 51.5. The summed E-state index contributed by atoms with van der Waals surface area (Å²) in [5.41, 5.74) is -0.251. The van der Waals surface area contributed by atoms with Crippen LogP contribution < -0.4 is 0 Å². The van der Waals surface area contributed by atoms with Crippen molar-refractivity contribution in [3.05, 3.63) is 12.7 Å². The van der Waals surface area contributed by atoms with Gasteiger partial charge in [0, 0.05) is 0 Å². The third kappa shape index (κ3) is 2.24. The second-order valence-electron chi connectivity index (χ2n) is 8.51. The first-order chi connectivity index (χ1) is 10.2. The Hall–Kier alpha value is -0.830. The van der Waals surface area contributed by atoms with Gasteiger partial charge in [0.15, 0.2) is 0 Å². The molecule has 0 aromatic heterocycles. The van der Waals surface area contributed by atoms with Gasteiger partial charge in [-0.1, -0.05) is 19.4 Å². The molecule has 2 aliphatic carbocycles. The van der Waals surface area contributed by atoms with Crippen LogP contribution in [0.3, 0.4) is 0 Å². The van der Waals surface area contributed by atoms with Crippen molar-refractivity contribution in [2.24, 2.45) is 23.2 Å². The lowest BCUT2D eigenvalue weighted by Gasteiger charge is -2.63. The molecule has 0 radical (unpaired) electrons. The number of carbonyl (C=O) groups is 1. The molecule has 3 heteroatoms. The Morgan fingerprint density at radius 3 is 2.55 bits per heavy atom. The molecule has 3 fully saturated rings. The molecule has 0 aromatic rings. The Kier molecular flexibility index (Phi) is 3.71. The Labute approximate surface area is 134 Å². The van der Waals surface area contributed by atoms with Crippen molar-refractivity contribution < 1.29 is 14.6 Å². The smallest absolute Gasteiger partial charge is 0.306 e. The number of hydrogen-bond donors (Lipinski definition) is 1. The molecule has 0 amide bonds. The van der Waals surface area contributed by atoms with Crippen molar-refractivity contribution >= 4 is 5.97 Å². The highest BCUT2D eigenvalue weighted by atomic mass is 16.5. The number of aliphatic carboxylic acids is 1. The summed E-state index contributed by atoms with van der Waals surface area (Å²) in [5, 5.41) is 9.63. The summed E-state index contributed by atoms with van der Waals surface area (Å²) < 4.78 is 6.56. The van der Waals surface area contributed by atoms with Crippen LogP contribution in [-0.4, -0.2) is 22.3 Å². The lowest BCUT2D eigenvalue weighted by Crippen LogP contribution is -2.61. The predicted octanol–water partition coefficient (Wildman–Crippen LogP) is 4.42. The highest BCUT2D eigenvalue weighted by Crippen LogP contribution is 2.62. The molecule has 0 spiro atoms. The SMILES string of the molecule is C=CC1(C)CCC2C(C)(CCC3C(C(=O)O)CCCC32C)O1. The van der Waals surface area contributed by atoms with Gasteiger partial charge in [0.2, 0.25) is 0 Å². The lowest BCUT2D eigenvalue weighted by atomic mass is 9.47. The van der Waals surface area contributed by atoms with E-state index in [-0.39, 0.29) is 22.5 Å². The van der Waals surface area contributed by atoms with E-state index in [1.165, 1.54) is 0 Å². The van der Waals surface area contributed by atoms with E-state index in [0.29, 0.717) is 11.8 Å². The highest BCUT2D eigenvalue weighted by molar-refractivity contribution is 5.70. The van der Waals surface area contributed by atoms with E-state index in [0.717, 1.165) is 44.9 Å². The van der Waals surface area contributed by atoms with Gasteiger partial charge in [-0.3, -0.25) is 4.79 Å². The average molecular weight is 306 g/mol. The largest absolute Gasteiger partial charge is 0.481 e. The van der Waals surface area contributed by atoms with Gasteiger partial charge in [0.05, 0.1) is 17.1 Å². The molecule has 22 heavy (non-hydrogen) atoms. The van der Waals surface area contributed by atoms with Gasteiger partial charge in [-0.05, 0) is 69.6 Å². The van der Waals surface area contributed by atoms with Gasteiger partial charge >= 0.3 is 5.97 Å². The molecule has 1 aliphatic heterocycles. The maximum absolute atomic E-state index is 11.7. The molecule has 3 nitrogen and oxygen atoms in total. The van der Waals surface area contributed by atoms with Crippen molar-refractivity contribution in [3.63, 3.8) is 0 Å². The Morgan fingerprint density at radius 1 is 1.18 bits per heavy atom. The molecule has 0 aromatic carbocycles. The van der Waals surface area contributed by atoms with Crippen LogP contribution in [-0.2, 0) is 9.53 Å². The summed E-state index contributed by atoms with van der Waals surface area (Å²) in [4.78, 5) is 11.7.